The summed E-state index contributed by atoms with van der Waals surface area (Å²) in [5.41, 5.74) is 0. The monoisotopic (exact) mass is 420 g/mol. The van der Waals surface area contributed by atoms with Gasteiger partial charge in [-0.05, 0) is 19.8 Å². The van der Waals surface area contributed by atoms with E-state index in [0.29, 0.717) is 59.3 Å². The Balaban J connectivity index is 3.12. The van der Waals surface area contributed by atoms with Gasteiger partial charge in [-0.3, -0.25) is 0 Å². The molecule has 0 aliphatic heterocycles. The van der Waals surface area contributed by atoms with Crippen LogP contribution in [0, 0.1) is 0 Å². The van der Waals surface area contributed by atoms with Crippen LogP contribution in [-0.4, -0.2) is 70.9 Å². The average molecular weight is 421 g/mol. The van der Waals surface area contributed by atoms with Crippen molar-refractivity contribution in [3.8, 4) is 0 Å². The van der Waals surface area contributed by atoms with Crippen LogP contribution in [0.5, 0.6) is 0 Å². The van der Waals surface area contributed by atoms with Crippen molar-refractivity contribution < 1.29 is 28.8 Å². The fourth-order valence-electron chi connectivity index (χ4n) is 2.94. The summed E-state index contributed by atoms with van der Waals surface area (Å²) in [5, 5.41) is 9.82. The largest absolute Gasteiger partial charge is 0.379 e. The SMILES string of the molecule is CCCCCCCCCCCCC(O)OCCOCCOCCOCCOCC. The molecule has 1 N–H and O–H groups in total. The standard InChI is InChI=1S/C23H48O6/c1-3-5-6-7-8-9-10-11-12-13-14-23(24)29-22-21-28-20-19-27-18-17-26-16-15-25-4-2/h23-24H,3-22H2,1-2H3. The van der Waals surface area contributed by atoms with Gasteiger partial charge < -0.3 is 28.8 Å². The molecule has 176 valence electrons. The molecule has 0 aromatic heterocycles. The van der Waals surface area contributed by atoms with Gasteiger partial charge in [0.05, 0.1) is 52.9 Å². The lowest BCUT2D eigenvalue weighted by molar-refractivity contribution is -0.118. The molecule has 0 aromatic rings. The summed E-state index contributed by atoms with van der Waals surface area (Å²) < 4.78 is 26.7. The van der Waals surface area contributed by atoms with Crippen LogP contribution in [0.2, 0.25) is 0 Å². The summed E-state index contributed by atoms with van der Waals surface area (Å²) in [6.45, 7) is 9.26. The van der Waals surface area contributed by atoms with Gasteiger partial charge in [0.25, 0.3) is 0 Å². The fourth-order valence-corrected chi connectivity index (χ4v) is 2.94. The number of aliphatic hydroxyl groups excluding tert-OH is 1. The predicted molar refractivity (Wildman–Crippen MR) is 117 cm³/mol. The van der Waals surface area contributed by atoms with Gasteiger partial charge in [0.15, 0.2) is 6.29 Å². The normalized spacial score (nSPS) is 12.5. The first kappa shape index (κ1) is 28.8. The van der Waals surface area contributed by atoms with Gasteiger partial charge in [0, 0.05) is 6.61 Å². The molecule has 0 heterocycles. The van der Waals surface area contributed by atoms with E-state index in [0.717, 1.165) is 13.0 Å². The molecule has 6 nitrogen and oxygen atoms in total. The number of aliphatic hydroxyl groups is 1. The van der Waals surface area contributed by atoms with Gasteiger partial charge in [-0.15, -0.1) is 0 Å². The molecule has 1 unspecified atom stereocenters. The fraction of sp³-hybridized carbons (Fsp3) is 1.00. The van der Waals surface area contributed by atoms with E-state index in [1.165, 1.54) is 57.8 Å². The molecule has 0 aliphatic carbocycles. The van der Waals surface area contributed by atoms with Crippen molar-refractivity contribution in [2.75, 3.05) is 59.5 Å². The molecule has 29 heavy (non-hydrogen) atoms. The molecule has 0 fully saturated rings. The Morgan fingerprint density at radius 1 is 0.517 bits per heavy atom. The molecule has 6 heteroatoms. The highest BCUT2D eigenvalue weighted by molar-refractivity contribution is 4.49. The van der Waals surface area contributed by atoms with Crippen molar-refractivity contribution in [3.63, 3.8) is 0 Å². The van der Waals surface area contributed by atoms with Crippen LogP contribution in [0.15, 0.2) is 0 Å². The van der Waals surface area contributed by atoms with Gasteiger partial charge in [-0.1, -0.05) is 64.7 Å². The summed E-state index contributed by atoms with van der Waals surface area (Å²) in [6.07, 6.45) is 13.0. The highest BCUT2D eigenvalue weighted by Gasteiger charge is 2.03. The Labute approximate surface area is 179 Å². The molecule has 0 saturated carbocycles. The lowest BCUT2D eigenvalue weighted by atomic mass is 10.1. The summed E-state index contributed by atoms with van der Waals surface area (Å²) in [5.74, 6) is 0. The van der Waals surface area contributed by atoms with Crippen molar-refractivity contribution in [1.82, 2.24) is 0 Å². The van der Waals surface area contributed by atoms with E-state index in [2.05, 4.69) is 6.92 Å². The minimum absolute atomic E-state index is 0.416. The first-order valence-electron chi connectivity index (χ1n) is 11.9. The van der Waals surface area contributed by atoms with Crippen LogP contribution in [0.3, 0.4) is 0 Å². The first-order chi connectivity index (χ1) is 14.3. The van der Waals surface area contributed by atoms with Gasteiger partial charge >= 0.3 is 0 Å². The summed E-state index contributed by atoms with van der Waals surface area (Å²) in [4.78, 5) is 0. The molecule has 0 rings (SSSR count). The number of hydrogen-bond acceptors (Lipinski definition) is 6. The van der Waals surface area contributed by atoms with E-state index in [9.17, 15) is 5.11 Å². The molecule has 0 amide bonds. The van der Waals surface area contributed by atoms with Crippen LogP contribution >= 0.6 is 0 Å². The van der Waals surface area contributed by atoms with Gasteiger partial charge in [0.1, 0.15) is 0 Å². The quantitative estimate of drug-likeness (QED) is 0.170. The van der Waals surface area contributed by atoms with E-state index in [1.807, 2.05) is 6.92 Å². The Hall–Kier alpha value is -0.240. The number of unbranched alkanes of at least 4 members (excludes halogenated alkanes) is 9. The molecule has 0 radical (unpaired) electrons. The maximum atomic E-state index is 9.82. The maximum absolute atomic E-state index is 9.82. The zero-order valence-electron chi connectivity index (χ0n) is 19.2. The Bertz CT molecular complexity index is 291. The third-order valence-corrected chi connectivity index (χ3v) is 4.66. The number of ether oxygens (including phenoxy) is 5. The van der Waals surface area contributed by atoms with Gasteiger partial charge in [-0.25, -0.2) is 0 Å². The van der Waals surface area contributed by atoms with Crippen LogP contribution in [0.1, 0.15) is 84.5 Å². The maximum Gasteiger partial charge on any atom is 0.154 e. The van der Waals surface area contributed by atoms with E-state index in [1.54, 1.807) is 0 Å². The predicted octanol–water partition coefficient (Wildman–Crippen LogP) is 4.72. The van der Waals surface area contributed by atoms with E-state index < -0.39 is 6.29 Å². The smallest absolute Gasteiger partial charge is 0.154 e. The second kappa shape index (κ2) is 25.8. The van der Waals surface area contributed by atoms with E-state index in [-0.39, 0.29) is 0 Å². The molecule has 0 aromatic carbocycles. The number of hydrogen-bond donors (Lipinski definition) is 1. The lowest BCUT2D eigenvalue weighted by Gasteiger charge is -2.12. The topological polar surface area (TPSA) is 66.4 Å². The molecular weight excluding hydrogens is 372 g/mol. The van der Waals surface area contributed by atoms with E-state index >= 15 is 0 Å². The highest BCUT2D eigenvalue weighted by Crippen LogP contribution is 2.12. The molecular formula is C23H48O6. The van der Waals surface area contributed by atoms with Crippen molar-refractivity contribution in [1.29, 1.82) is 0 Å². The Morgan fingerprint density at radius 3 is 1.41 bits per heavy atom. The van der Waals surface area contributed by atoms with Crippen LogP contribution in [0.25, 0.3) is 0 Å². The molecule has 0 bridgehead atoms. The van der Waals surface area contributed by atoms with Gasteiger partial charge in [0.2, 0.25) is 0 Å². The van der Waals surface area contributed by atoms with Crippen molar-refractivity contribution >= 4 is 0 Å². The Morgan fingerprint density at radius 2 is 0.931 bits per heavy atom. The average Bonchev–Trinajstić information content (AvgIpc) is 2.72. The van der Waals surface area contributed by atoms with Crippen LogP contribution < -0.4 is 0 Å². The van der Waals surface area contributed by atoms with Crippen LogP contribution in [0.4, 0.5) is 0 Å². The van der Waals surface area contributed by atoms with Crippen molar-refractivity contribution in [2.45, 2.75) is 90.8 Å². The first-order valence-corrected chi connectivity index (χ1v) is 11.9. The third-order valence-electron chi connectivity index (χ3n) is 4.66. The molecule has 1 atom stereocenters. The molecule has 0 spiro atoms. The third kappa shape index (κ3) is 25.7. The highest BCUT2D eigenvalue weighted by atomic mass is 16.6. The zero-order chi connectivity index (χ0) is 21.3. The van der Waals surface area contributed by atoms with Crippen molar-refractivity contribution in [3.05, 3.63) is 0 Å². The summed E-state index contributed by atoms with van der Waals surface area (Å²) >= 11 is 0. The molecule has 0 aliphatic rings. The minimum Gasteiger partial charge on any atom is -0.379 e. The second-order valence-electron chi connectivity index (χ2n) is 7.33. The Kier molecular flexibility index (Phi) is 25.6. The second-order valence-corrected chi connectivity index (χ2v) is 7.33. The number of rotatable bonds is 25. The lowest BCUT2D eigenvalue weighted by Crippen LogP contribution is -2.17. The summed E-state index contributed by atoms with van der Waals surface area (Å²) in [7, 11) is 0. The van der Waals surface area contributed by atoms with Crippen LogP contribution in [-0.2, 0) is 23.7 Å². The zero-order valence-corrected chi connectivity index (χ0v) is 19.2. The van der Waals surface area contributed by atoms with Gasteiger partial charge in [-0.2, -0.15) is 0 Å². The minimum atomic E-state index is -0.669. The molecule has 0 saturated heterocycles. The van der Waals surface area contributed by atoms with Crippen molar-refractivity contribution in [2.24, 2.45) is 0 Å². The summed E-state index contributed by atoms with van der Waals surface area (Å²) in [6, 6.07) is 0. The van der Waals surface area contributed by atoms with E-state index in [4.69, 9.17) is 23.7 Å².